The van der Waals surface area contributed by atoms with Gasteiger partial charge in [0.15, 0.2) is 0 Å². The summed E-state index contributed by atoms with van der Waals surface area (Å²) in [6.07, 6.45) is 0. The monoisotopic (exact) mass is 138 g/mol. The molecule has 2 amide bonds. The van der Waals surface area contributed by atoms with Gasteiger partial charge in [0.1, 0.15) is 0 Å². The molecule has 0 saturated carbocycles. The number of halogens is 1. The fourth-order valence-electron chi connectivity index (χ4n) is 0. The summed E-state index contributed by atoms with van der Waals surface area (Å²) in [6, 6.07) is -0.579. The SMILES string of the molecule is NC(=O)NBr. The molecule has 0 unspecified atom stereocenters. The predicted molar refractivity (Wildman–Crippen MR) is 21.6 cm³/mol. The lowest BCUT2D eigenvalue weighted by molar-refractivity contribution is 0.254. The summed E-state index contributed by atoms with van der Waals surface area (Å²) in [6.45, 7) is 0. The molecule has 0 rings (SSSR count). The molecule has 0 aromatic carbocycles. The van der Waals surface area contributed by atoms with E-state index in [0.717, 1.165) is 0 Å². The zero-order chi connectivity index (χ0) is 4.28. The lowest BCUT2D eigenvalue weighted by Gasteiger charge is -1.77. The van der Waals surface area contributed by atoms with Crippen LogP contribution in [-0.4, -0.2) is 6.03 Å². The number of hydrogen-bond donors (Lipinski definition) is 2. The van der Waals surface area contributed by atoms with E-state index in [9.17, 15) is 4.79 Å². The highest BCUT2D eigenvalue weighted by Gasteiger charge is 1.75. The molecule has 0 bridgehead atoms. The van der Waals surface area contributed by atoms with Gasteiger partial charge in [-0.15, -0.1) is 0 Å². The Bertz CT molecular complexity index is 44.9. The number of nitrogens with two attached hydrogens (primary N) is 1. The van der Waals surface area contributed by atoms with E-state index in [1.165, 1.54) is 0 Å². The Morgan fingerprint density at radius 2 is 2.20 bits per heavy atom. The van der Waals surface area contributed by atoms with Crippen molar-refractivity contribution in [1.82, 2.24) is 4.34 Å². The van der Waals surface area contributed by atoms with Crippen LogP contribution in [0.25, 0.3) is 0 Å². The summed E-state index contributed by atoms with van der Waals surface area (Å²) in [4.78, 5) is 9.43. The maximum atomic E-state index is 9.43. The van der Waals surface area contributed by atoms with Crippen molar-refractivity contribution in [2.24, 2.45) is 5.73 Å². The molecule has 0 fully saturated rings. The summed E-state index contributed by atoms with van der Waals surface area (Å²) in [5.74, 6) is 0. The third kappa shape index (κ3) is 3.75. The molecule has 0 heterocycles. The van der Waals surface area contributed by atoms with Crippen LogP contribution in [0.3, 0.4) is 0 Å². The zero-order valence-electron chi connectivity index (χ0n) is 2.36. The van der Waals surface area contributed by atoms with Crippen molar-refractivity contribution < 1.29 is 4.79 Å². The lowest BCUT2D eigenvalue weighted by Crippen LogP contribution is -2.19. The van der Waals surface area contributed by atoms with Crippen LogP contribution < -0.4 is 10.1 Å². The van der Waals surface area contributed by atoms with Gasteiger partial charge < -0.3 is 5.73 Å². The second-order valence-corrected chi connectivity index (χ2v) is 0.855. The normalized spacial score (nSPS) is 6.60. The summed E-state index contributed by atoms with van der Waals surface area (Å²) in [5, 5.41) is 0. The van der Waals surface area contributed by atoms with Crippen LogP contribution in [0.4, 0.5) is 4.79 Å². The van der Waals surface area contributed by atoms with Crippen molar-refractivity contribution >= 4 is 22.2 Å². The molecule has 0 saturated heterocycles. The van der Waals surface area contributed by atoms with Crippen LogP contribution in [0.2, 0.25) is 0 Å². The second-order valence-electron chi connectivity index (χ2n) is 0.459. The van der Waals surface area contributed by atoms with Gasteiger partial charge in [0.2, 0.25) is 0 Å². The molecule has 0 atom stereocenters. The summed E-state index contributed by atoms with van der Waals surface area (Å²) in [5.41, 5.74) is 4.49. The smallest absolute Gasteiger partial charge is 0.322 e. The van der Waals surface area contributed by atoms with E-state index in [1.54, 1.807) is 0 Å². The van der Waals surface area contributed by atoms with Gasteiger partial charge in [0, 0.05) is 0 Å². The van der Waals surface area contributed by atoms with Crippen molar-refractivity contribution in [1.29, 1.82) is 0 Å². The third-order valence-corrected chi connectivity index (χ3v) is 0.484. The maximum absolute atomic E-state index is 9.43. The third-order valence-electron chi connectivity index (χ3n) is 0.0931. The number of nitrogens with one attached hydrogen (secondary N) is 1. The van der Waals surface area contributed by atoms with E-state index in [-0.39, 0.29) is 0 Å². The zero-order valence-corrected chi connectivity index (χ0v) is 3.95. The van der Waals surface area contributed by atoms with Gasteiger partial charge in [0.25, 0.3) is 0 Å². The quantitative estimate of drug-likeness (QED) is 0.454. The number of hydrogen-bond acceptors (Lipinski definition) is 1. The highest BCUT2D eigenvalue weighted by Crippen LogP contribution is 1.59. The van der Waals surface area contributed by atoms with Crippen molar-refractivity contribution in [2.75, 3.05) is 0 Å². The Morgan fingerprint density at radius 1 is 2.00 bits per heavy atom. The van der Waals surface area contributed by atoms with Gasteiger partial charge in [-0.05, 0) is 0 Å². The first kappa shape index (κ1) is 4.75. The molecule has 3 nitrogen and oxygen atoms in total. The van der Waals surface area contributed by atoms with E-state index in [0.29, 0.717) is 0 Å². The predicted octanol–water partition coefficient (Wildman–Crippen LogP) is -0.0354. The minimum absolute atomic E-state index is 0.579. The minimum atomic E-state index is -0.579. The van der Waals surface area contributed by atoms with E-state index in [4.69, 9.17) is 0 Å². The molecule has 5 heavy (non-hydrogen) atoms. The molecule has 0 spiro atoms. The van der Waals surface area contributed by atoms with Crippen LogP contribution in [0.15, 0.2) is 0 Å². The van der Waals surface area contributed by atoms with Gasteiger partial charge in [-0.2, -0.15) is 0 Å². The van der Waals surface area contributed by atoms with E-state index in [1.807, 2.05) is 4.34 Å². The summed E-state index contributed by atoms with van der Waals surface area (Å²) >= 11 is 2.59. The first-order valence-corrected chi connectivity index (χ1v) is 1.72. The van der Waals surface area contributed by atoms with Gasteiger partial charge in [-0.25, -0.2) is 4.79 Å². The fraction of sp³-hybridized carbons (Fsp3) is 0. The first-order valence-electron chi connectivity index (χ1n) is 0.932. The van der Waals surface area contributed by atoms with Crippen molar-refractivity contribution in [3.63, 3.8) is 0 Å². The Kier molecular flexibility index (Phi) is 1.92. The number of rotatable bonds is 0. The molecule has 3 N–H and O–H groups in total. The molecular weight excluding hydrogens is 136 g/mol. The molecule has 0 radical (unpaired) electrons. The summed E-state index contributed by atoms with van der Waals surface area (Å²) < 4.78 is 1.98. The van der Waals surface area contributed by atoms with Gasteiger partial charge >= 0.3 is 6.03 Å². The molecule has 0 aliphatic heterocycles. The van der Waals surface area contributed by atoms with Gasteiger partial charge in [-0.3, -0.25) is 4.34 Å². The molecule has 30 valence electrons. The van der Waals surface area contributed by atoms with Gasteiger partial charge in [0.05, 0.1) is 16.1 Å². The largest absolute Gasteiger partial charge is 0.351 e. The van der Waals surface area contributed by atoms with Crippen molar-refractivity contribution in [3.8, 4) is 0 Å². The van der Waals surface area contributed by atoms with Crippen molar-refractivity contribution in [3.05, 3.63) is 0 Å². The Balaban J connectivity index is 2.85. The minimum Gasteiger partial charge on any atom is -0.351 e. The highest BCUT2D eigenvalue weighted by molar-refractivity contribution is 9.08. The number of carbonyl (C=O) groups is 1. The van der Waals surface area contributed by atoms with E-state index < -0.39 is 6.03 Å². The fourth-order valence-corrected chi connectivity index (χ4v) is 0. The van der Waals surface area contributed by atoms with Gasteiger partial charge in [-0.1, -0.05) is 0 Å². The first-order chi connectivity index (χ1) is 2.27. The summed E-state index contributed by atoms with van der Waals surface area (Å²) in [7, 11) is 0. The van der Waals surface area contributed by atoms with E-state index >= 15 is 0 Å². The molecule has 0 aromatic heterocycles. The van der Waals surface area contributed by atoms with Crippen LogP contribution in [0.1, 0.15) is 0 Å². The molecule has 0 aliphatic carbocycles. The average Bonchev–Trinajstić information content (AvgIpc) is 1.38. The number of amides is 2. The molecule has 0 aliphatic rings. The number of primary amides is 1. The van der Waals surface area contributed by atoms with E-state index in [2.05, 4.69) is 21.9 Å². The van der Waals surface area contributed by atoms with Crippen LogP contribution in [0, 0.1) is 0 Å². The molecule has 4 heteroatoms. The molecular formula is CH3BrN2O. The second kappa shape index (κ2) is 2.02. The topological polar surface area (TPSA) is 55.1 Å². The standard InChI is InChI=1S/CH3BrN2O/c2-4-1(3)5/h(H3,3,4,5). The van der Waals surface area contributed by atoms with Crippen LogP contribution in [0.5, 0.6) is 0 Å². The Hall–Kier alpha value is -0.250. The van der Waals surface area contributed by atoms with Crippen LogP contribution in [-0.2, 0) is 0 Å². The Morgan fingerprint density at radius 3 is 2.20 bits per heavy atom. The molecule has 0 aromatic rings. The van der Waals surface area contributed by atoms with Crippen LogP contribution >= 0.6 is 16.1 Å². The number of carbonyl (C=O) groups excluding carboxylic acids is 1. The van der Waals surface area contributed by atoms with Crippen molar-refractivity contribution in [2.45, 2.75) is 0 Å². The Labute approximate surface area is 37.9 Å². The average molecular weight is 139 g/mol. The lowest BCUT2D eigenvalue weighted by atomic mass is 11.2. The maximum Gasteiger partial charge on any atom is 0.322 e. The highest BCUT2D eigenvalue weighted by atomic mass is 79.9. The number of urea groups is 1.